The van der Waals surface area contributed by atoms with Gasteiger partial charge in [-0.15, -0.1) is 0 Å². The van der Waals surface area contributed by atoms with Crippen LogP contribution in [0.1, 0.15) is 30.8 Å². The SMILES string of the molecule is Cc1nc(N)nc(NC(C)c2cc3cccc(Cl)c3nc2N2CCC(F)(F)C2)n1. The molecule has 0 amide bonds. The number of aryl methyl sites for hydroxylation is 1. The largest absolute Gasteiger partial charge is 0.368 e. The molecule has 1 saturated heterocycles. The monoisotopic (exact) mass is 419 g/mol. The normalized spacial score (nSPS) is 16.9. The summed E-state index contributed by atoms with van der Waals surface area (Å²) in [5, 5.41) is 4.47. The first-order valence-electron chi connectivity index (χ1n) is 9.18. The number of hydrogen-bond donors (Lipinski definition) is 2. The van der Waals surface area contributed by atoms with Crippen molar-refractivity contribution in [1.82, 2.24) is 19.9 Å². The van der Waals surface area contributed by atoms with E-state index in [0.29, 0.717) is 28.1 Å². The van der Waals surface area contributed by atoms with Crippen molar-refractivity contribution in [2.45, 2.75) is 32.2 Å². The molecule has 1 aliphatic heterocycles. The molecule has 4 rings (SSSR count). The van der Waals surface area contributed by atoms with Crippen molar-refractivity contribution in [2.75, 3.05) is 29.0 Å². The van der Waals surface area contributed by atoms with Gasteiger partial charge in [0.05, 0.1) is 23.1 Å². The zero-order chi connectivity index (χ0) is 20.8. The molecule has 2 aromatic heterocycles. The van der Waals surface area contributed by atoms with E-state index in [2.05, 4.69) is 25.3 Å². The summed E-state index contributed by atoms with van der Waals surface area (Å²) in [6.07, 6.45) is -0.209. The molecule has 3 heterocycles. The first-order chi connectivity index (χ1) is 13.7. The molecule has 1 fully saturated rings. The van der Waals surface area contributed by atoms with Gasteiger partial charge in [0.25, 0.3) is 5.92 Å². The van der Waals surface area contributed by atoms with Crippen LogP contribution in [0.4, 0.5) is 26.5 Å². The molecule has 1 aliphatic rings. The standard InChI is InChI=1S/C19H20ClF2N7/c1-10(24-18-26-11(2)25-17(23)28-18)13-8-12-4-3-5-14(20)15(12)27-16(13)29-7-6-19(21,22)9-29/h3-5,8,10H,6-7,9H2,1-2H3,(H3,23,24,25,26,28). The van der Waals surface area contributed by atoms with Crippen molar-refractivity contribution in [3.63, 3.8) is 0 Å². The maximum atomic E-state index is 13.9. The van der Waals surface area contributed by atoms with Gasteiger partial charge in [0.15, 0.2) is 0 Å². The summed E-state index contributed by atoms with van der Waals surface area (Å²) in [5.74, 6) is -1.37. The fraction of sp³-hybridized carbons (Fsp3) is 0.368. The van der Waals surface area contributed by atoms with E-state index >= 15 is 0 Å². The Morgan fingerprint density at radius 2 is 2.03 bits per heavy atom. The molecule has 1 unspecified atom stereocenters. The number of halogens is 3. The minimum absolute atomic E-state index is 0.107. The highest BCUT2D eigenvalue weighted by atomic mass is 35.5. The fourth-order valence-electron chi connectivity index (χ4n) is 3.50. The van der Waals surface area contributed by atoms with Gasteiger partial charge in [-0.3, -0.25) is 0 Å². The number of pyridine rings is 1. The van der Waals surface area contributed by atoms with Gasteiger partial charge in [0.2, 0.25) is 11.9 Å². The molecule has 0 radical (unpaired) electrons. The number of aromatic nitrogens is 4. The third-order valence-corrected chi connectivity index (χ3v) is 5.16. The van der Waals surface area contributed by atoms with E-state index in [0.717, 1.165) is 10.9 Å². The molecule has 0 bridgehead atoms. The third-order valence-electron chi connectivity index (χ3n) is 4.85. The number of nitrogens with zero attached hydrogens (tertiary/aromatic N) is 5. The van der Waals surface area contributed by atoms with Crippen molar-refractivity contribution in [2.24, 2.45) is 0 Å². The topological polar surface area (TPSA) is 92.8 Å². The molecule has 152 valence electrons. The van der Waals surface area contributed by atoms with E-state index in [-0.39, 0.29) is 31.5 Å². The van der Waals surface area contributed by atoms with Crippen LogP contribution in [0, 0.1) is 6.92 Å². The van der Waals surface area contributed by atoms with Gasteiger partial charge >= 0.3 is 0 Å². The second-order valence-electron chi connectivity index (χ2n) is 7.17. The number of nitrogens with two attached hydrogens (primary N) is 1. The molecule has 3 aromatic rings. The average molecular weight is 420 g/mol. The van der Waals surface area contributed by atoms with Gasteiger partial charge in [0, 0.05) is 23.9 Å². The molecular weight excluding hydrogens is 400 g/mol. The van der Waals surface area contributed by atoms with Crippen molar-refractivity contribution in [3.05, 3.63) is 40.7 Å². The Hall–Kier alpha value is -2.81. The second-order valence-corrected chi connectivity index (χ2v) is 7.58. The Bertz CT molecular complexity index is 1060. The predicted molar refractivity (Wildman–Crippen MR) is 110 cm³/mol. The second kappa shape index (κ2) is 7.22. The van der Waals surface area contributed by atoms with E-state index in [9.17, 15) is 8.78 Å². The molecule has 0 aliphatic carbocycles. The van der Waals surface area contributed by atoms with E-state index in [4.69, 9.17) is 17.3 Å². The van der Waals surface area contributed by atoms with Crippen LogP contribution >= 0.6 is 11.6 Å². The maximum Gasteiger partial charge on any atom is 0.266 e. The Balaban J connectivity index is 1.77. The van der Waals surface area contributed by atoms with Crippen LogP contribution in [0.15, 0.2) is 24.3 Å². The highest BCUT2D eigenvalue weighted by Gasteiger charge is 2.39. The van der Waals surface area contributed by atoms with Crippen LogP contribution in [0.2, 0.25) is 5.02 Å². The van der Waals surface area contributed by atoms with Crippen LogP contribution < -0.4 is 16.0 Å². The van der Waals surface area contributed by atoms with Crippen molar-refractivity contribution >= 4 is 40.2 Å². The van der Waals surface area contributed by atoms with Crippen LogP contribution in [-0.2, 0) is 0 Å². The van der Waals surface area contributed by atoms with Gasteiger partial charge in [-0.25, -0.2) is 13.8 Å². The summed E-state index contributed by atoms with van der Waals surface area (Å²) >= 11 is 6.30. The van der Waals surface area contributed by atoms with E-state index in [1.165, 1.54) is 0 Å². The first kappa shape index (κ1) is 19.5. The number of para-hydroxylation sites is 1. The zero-order valence-electron chi connectivity index (χ0n) is 16.0. The third kappa shape index (κ3) is 4.00. The lowest BCUT2D eigenvalue weighted by molar-refractivity contribution is 0.0256. The summed E-state index contributed by atoms with van der Waals surface area (Å²) < 4.78 is 27.8. The van der Waals surface area contributed by atoms with E-state index in [1.54, 1.807) is 17.9 Å². The van der Waals surface area contributed by atoms with Crippen molar-refractivity contribution in [3.8, 4) is 0 Å². The van der Waals surface area contributed by atoms with Crippen molar-refractivity contribution < 1.29 is 8.78 Å². The molecule has 29 heavy (non-hydrogen) atoms. The zero-order valence-corrected chi connectivity index (χ0v) is 16.7. The van der Waals surface area contributed by atoms with E-state index in [1.807, 2.05) is 25.1 Å². The quantitative estimate of drug-likeness (QED) is 0.660. The number of fused-ring (bicyclic) bond motifs is 1. The highest BCUT2D eigenvalue weighted by Crippen LogP contribution is 2.37. The Labute approximate surface area is 171 Å². The molecule has 0 saturated carbocycles. The summed E-state index contributed by atoms with van der Waals surface area (Å²) in [6, 6.07) is 7.04. The Morgan fingerprint density at radius 1 is 1.24 bits per heavy atom. The summed E-state index contributed by atoms with van der Waals surface area (Å²) in [7, 11) is 0. The Morgan fingerprint density at radius 3 is 2.72 bits per heavy atom. The average Bonchev–Trinajstić information content (AvgIpc) is 3.00. The lowest BCUT2D eigenvalue weighted by atomic mass is 10.1. The smallest absolute Gasteiger partial charge is 0.266 e. The van der Waals surface area contributed by atoms with Gasteiger partial charge in [-0.05, 0) is 26.0 Å². The molecule has 10 heteroatoms. The molecule has 0 spiro atoms. The van der Waals surface area contributed by atoms with Crippen LogP contribution in [0.3, 0.4) is 0 Å². The van der Waals surface area contributed by atoms with Crippen LogP contribution in [-0.4, -0.2) is 38.9 Å². The van der Waals surface area contributed by atoms with Gasteiger partial charge in [-0.2, -0.15) is 15.0 Å². The van der Waals surface area contributed by atoms with Crippen LogP contribution in [0.25, 0.3) is 10.9 Å². The lowest BCUT2D eigenvalue weighted by Crippen LogP contribution is -2.27. The summed E-state index contributed by atoms with van der Waals surface area (Å²) in [5.41, 5.74) is 7.03. The number of anilines is 3. The lowest BCUT2D eigenvalue weighted by Gasteiger charge is -2.25. The minimum Gasteiger partial charge on any atom is -0.368 e. The molecule has 7 nitrogen and oxygen atoms in total. The Kier molecular flexibility index (Phi) is 4.85. The van der Waals surface area contributed by atoms with Crippen molar-refractivity contribution in [1.29, 1.82) is 0 Å². The number of alkyl halides is 2. The number of rotatable bonds is 4. The molecule has 3 N–H and O–H groups in total. The minimum atomic E-state index is -2.75. The molecule has 1 atom stereocenters. The van der Waals surface area contributed by atoms with Gasteiger partial charge in [0.1, 0.15) is 11.6 Å². The number of hydrogen-bond acceptors (Lipinski definition) is 7. The highest BCUT2D eigenvalue weighted by molar-refractivity contribution is 6.35. The first-order valence-corrected chi connectivity index (χ1v) is 9.56. The predicted octanol–water partition coefficient (Wildman–Crippen LogP) is 3.98. The molecule has 1 aromatic carbocycles. The number of benzene rings is 1. The maximum absolute atomic E-state index is 13.9. The fourth-order valence-corrected chi connectivity index (χ4v) is 3.72. The van der Waals surface area contributed by atoms with E-state index < -0.39 is 5.92 Å². The summed E-state index contributed by atoms with van der Waals surface area (Å²) in [4.78, 5) is 18.6. The summed E-state index contributed by atoms with van der Waals surface area (Å²) in [6.45, 7) is 3.44. The number of nitrogen functional groups attached to an aromatic ring is 1. The van der Waals surface area contributed by atoms with Gasteiger partial charge in [-0.1, -0.05) is 23.7 Å². The van der Waals surface area contributed by atoms with Gasteiger partial charge < -0.3 is 16.0 Å². The molecular formula is C19H20ClF2N7. The van der Waals surface area contributed by atoms with Crippen LogP contribution in [0.5, 0.6) is 0 Å². The number of nitrogens with one attached hydrogen (secondary N) is 1.